The van der Waals surface area contributed by atoms with E-state index in [0.29, 0.717) is 5.56 Å². The van der Waals surface area contributed by atoms with Crippen molar-refractivity contribution in [3.8, 4) is 5.75 Å². The lowest BCUT2D eigenvalue weighted by atomic mass is 10.0. The Morgan fingerprint density at radius 1 is 1.16 bits per heavy atom. The van der Waals surface area contributed by atoms with Crippen molar-refractivity contribution in [1.82, 2.24) is 0 Å². The molecular weight excluding hydrogens is 240 g/mol. The minimum Gasteiger partial charge on any atom is -0.487 e. The zero-order chi connectivity index (χ0) is 13.8. The lowest BCUT2D eigenvalue weighted by Crippen LogP contribution is -2.31. The van der Waals surface area contributed by atoms with Crippen LogP contribution in [0.25, 0.3) is 0 Å². The van der Waals surface area contributed by atoms with E-state index in [1.165, 1.54) is 6.42 Å². The van der Waals surface area contributed by atoms with E-state index in [4.69, 9.17) is 4.74 Å². The summed E-state index contributed by atoms with van der Waals surface area (Å²) in [5.74, 6) is 0.816. The first-order valence-electron chi connectivity index (χ1n) is 7.03. The number of hydrogen-bond acceptors (Lipinski definition) is 3. The quantitative estimate of drug-likeness (QED) is 0.672. The van der Waals surface area contributed by atoms with Crippen LogP contribution in [0.3, 0.4) is 0 Å². The maximum atomic E-state index is 10.8. The van der Waals surface area contributed by atoms with E-state index in [0.717, 1.165) is 48.8 Å². The number of aliphatic hydroxyl groups is 1. The Hall–Kier alpha value is -1.35. The van der Waals surface area contributed by atoms with Crippen LogP contribution in [0.5, 0.6) is 5.75 Å². The number of benzene rings is 1. The Morgan fingerprint density at radius 2 is 1.79 bits per heavy atom. The summed E-state index contributed by atoms with van der Waals surface area (Å²) in [5.41, 5.74) is 2.58. The van der Waals surface area contributed by atoms with Crippen LogP contribution < -0.4 is 4.74 Å². The topological polar surface area (TPSA) is 46.5 Å². The number of carbonyl (C=O) groups is 1. The molecule has 1 N–H and O–H groups in total. The summed E-state index contributed by atoms with van der Waals surface area (Å²) in [4.78, 5) is 10.8. The third-order valence-electron chi connectivity index (χ3n) is 3.81. The molecule has 1 aliphatic rings. The molecule has 1 fully saturated rings. The van der Waals surface area contributed by atoms with Gasteiger partial charge in [-0.05, 0) is 56.4 Å². The fourth-order valence-electron chi connectivity index (χ4n) is 2.78. The van der Waals surface area contributed by atoms with Crippen LogP contribution in [-0.4, -0.2) is 23.6 Å². The maximum Gasteiger partial charge on any atom is 0.150 e. The van der Waals surface area contributed by atoms with Gasteiger partial charge in [0.2, 0.25) is 0 Å². The van der Waals surface area contributed by atoms with Crippen molar-refractivity contribution < 1.29 is 14.6 Å². The van der Waals surface area contributed by atoms with Crippen LogP contribution in [0.4, 0.5) is 0 Å². The fourth-order valence-corrected chi connectivity index (χ4v) is 2.78. The van der Waals surface area contributed by atoms with Crippen LogP contribution in [0.15, 0.2) is 12.1 Å². The Bertz CT molecular complexity index is 430. The number of carbonyl (C=O) groups excluding carboxylic acids is 1. The number of rotatable bonds is 3. The van der Waals surface area contributed by atoms with E-state index < -0.39 is 0 Å². The van der Waals surface area contributed by atoms with Gasteiger partial charge in [0.25, 0.3) is 0 Å². The largest absolute Gasteiger partial charge is 0.487 e. The summed E-state index contributed by atoms with van der Waals surface area (Å²) in [6, 6.07) is 3.66. The summed E-state index contributed by atoms with van der Waals surface area (Å²) in [7, 11) is 0. The SMILES string of the molecule is Cc1cc(C=O)cc(C)c1OC1CCCCCC1O. The molecule has 104 valence electrons. The molecule has 19 heavy (non-hydrogen) atoms. The molecule has 2 atom stereocenters. The van der Waals surface area contributed by atoms with Crippen molar-refractivity contribution in [2.24, 2.45) is 0 Å². The minimum absolute atomic E-state index is 0.123. The lowest BCUT2D eigenvalue weighted by Gasteiger charge is -2.24. The highest BCUT2D eigenvalue weighted by Gasteiger charge is 2.24. The number of aryl methyl sites for hydroxylation is 2. The van der Waals surface area contributed by atoms with Crippen LogP contribution in [-0.2, 0) is 0 Å². The number of aliphatic hydroxyl groups excluding tert-OH is 1. The van der Waals surface area contributed by atoms with Crippen LogP contribution in [0.1, 0.15) is 53.6 Å². The van der Waals surface area contributed by atoms with Crippen molar-refractivity contribution in [3.05, 3.63) is 28.8 Å². The van der Waals surface area contributed by atoms with Gasteiger partial charge >= 0.3 is 0 Å². The van der Waals surface area contributed by atoms with Crippen molar-refractivity contribution in [3.63, 3.8) is 0 Å². The van der Waals surface area contributed by atoms with E-state index >= 15 is 0 Å². The third-order valence-corrected chi connectivity index (χ3v) is 3.81. The molecule has 1 aromatic rings. The first-order valence-corrected chi connectivity index (χ1v) is 7.03. The third kappa shape index (κ3) is 3.35. The smallest absolute Gasteiger partial charge is 0.150 e. The highest BCUT2D eigenvalue weighted by molar-refractivity contribution is 5.76. The second-order valence-electron chi connectivity index (χ2n) is 5.46. The second kappa shape index (κ2) is 6.20. The fraction of sp³-hybridized carbons (Fsp3) is 0.562. The molecule has 0 aromatic heterocycles. The normalized spacial score (nSPS) is 23.7. The van der Waals surface area contributed by atoms with Crippen LogP contribution in [0.2, 0.25) is 0 Å². The second-order valence-corrected chi connectivity index (χ2v) is 5.46. The van der Waals surface area contributed by atoms with Gasteiger partial charge in [-0.2, -0.15) is 0 Å². The average Bonchev–Trinajstić information content (AvgIpc) is 2.58. The molecule has 0 heterocycles. The molecule has 1 saturated carbocycles. The van der Waals surface area contributed by atoms with Crippen molar-refractivity contribution >= 4 is 6.29 Å². The van der Waals surface area contributed by atoms with Crippen LogP contribution in [0, 0.1) is 13.8 Å². The van der Waals surface area contributed by atoms with Gasteiger partial charge in [0.15, 0.2) is 0 Å². The highest BCUT2D eigenvalue weighted by Crippen LogP contribution is 2.29. The molecule has 0 aliphatic heterocycles. The summed E-state index contributed by atoms with van der Waals surface area (Å²) >= 11 is 0. The predicted octanol–water partition coefficient (Wildman–Crippen LogP) is 3.19. The minimum atomic E-state index is -0.382. The van der Waals surface area contributed by atoms with E-state index in [-0.39, 0.29) is 12.2 Å². The molecule has 0 bridgehead atoms. The van der Waals surface area contributed by atoms with E-state index in [2.05, 4.69) is 0 Å². The van der Waals surface area contributed by atoms with E-state index in [1.807, 2.05) is 26.0 Å². The van der Waals surface area contributed by atoms with Gasteiger partial charge in [-0.25, -0.2) is 0 Å². The molecule has 0 radical (unpaired) electrons. The van der Waals surface area contributed by atoms with Gasteiger partial charge in [0, 0.05) is 5.56 Å². The molecule has 3 nitrogen and oxygen atoms in total. The summed E-state index contributed by atoms with van der Waals surface area (Å²) in [6.07, 6.45) is 5.40. The lowest BCUT2D eigenvalue weighted by molar-refractivity contribution is 0.0312. The Balaban J connectivity index is 2.20. The van der Waals surface area contributed by atoms with Crippen molar-refractivity contribution in [1.29, 1.82) is 0 Å². The zero-order valence-electron chi connectivity index (χ0n) is 11.7. The monoisotopic (exact) mass is 262 g/mol. The highest BCUT2D eigenvalue weighted by atomic mass is 16.5. The van der Waals surface area contributed by atoms with Gasteiger partial charge in [-0.15, -0.1) is 0 Å². The zero-order valence-corrected chi connectivity index (χ0v) is 11.7. The molecular formula is C16H22O3. The first kappa shape index (κ1) is 14.1. The summed E-state index contributed by atoms with van der Waals surface area (Å²) < 4.78 is 6.04. The van der Waals surface area contributed by atoms with Gasteiger partial charge in [-0.1, -0.05) is 12.8 Å². The van der Waals surface area contributed by atoms with Crippen molar-refractivity contribution in [2.45, 2.75) is 58.2 Å². The molecule has 3 heteroatoms. The Kier molecular flexibility index (Phi) is 4.59. The number of aldehydes is 1. The predicted molar refractivity (Wildman–Crippen MR) is 74.8 cm³/mol. The van der Waals surface area contributed by atoms with Gasteiger partial charge in [0.1, 0.15) is 18.1 Å². The molecule has 0 spiro atoms. The number of ether oxygens (including phenoxy) is 1. The first-order chi connectivity index (χ1) is 9.11. The van der Waals surface area contributed by atoms with E-state index in [9.17, 15) is 9.90 Å². The standard InChI is InChI=1S/C16H22O3/c1-11-8-13(10-17)9-12(2)16(11)19-15-7-5-3-4-6-14(15)18/h8-10,14-15,18H,3-7H2,1-2H3. The molecule has 1 aromatic carbocycles. The average molecular weight is 262 g/mol. The molecule has 0 saturated heterocycles. The van der Waals surface area contributed by atoms with Gasteiger partial charge in [-0.3, -0.25) is 4.79 Å². The molecule has 1 aliphatic carbocycles. The number of hydrogen-bond donors (Lipinski definition) is 1. The summed E-state index contributed by atoms with van der Waals surface area (Å²) in [6.45, 7) is 3.89. The molecule has 2 unspecified atom stereocenters. The molecule has 2 rings (SSSR count). The van der Waals surface area contributed by atoms with Crippen LogP contribution >= 0.6 is 0 Å². The van der Waals surface area contributed by atoms with Gasteiger partial charge < -0.3 is 9.84 Å². The van der Waals surface area contributed by atoms with Gasteiger partial charge in [0.05, 0.1) is 6.10 Å². The summed E-state index contributed by atoms with van der Waals surface area (Å²) in [5, 5.41) is 10.1. The van der Waals surface area contributed by atoms with Crippen molar-refractivity contribution in [2.75, 3.05) is 0 Å². The molecule has 0 amide bonds. The Morgan fingerprint density at radius 3 is 2.42 bits per heavy atom. The maximum absolute atomic E-state index is 10.8. The Labute approximate surface area is 114 Å². The van der Waals surface area contributed by atoms with E-state index in [1.54, 1.807) is 0 Å².